The van der Waals surface area contributed by atoms with E-state index in [0.717, 1.165) is 18.5 Å². The zero-order valence-electron chi connectivity index (χ0n) is 10.5. The Morgan fingerprint density at radius 3 is 2.53 bits per heavy atom. The number of hydrogen-bond donors (Lipinski definition) is 2. The maximum Gasteiger partial charge on any atom is 0.336 e. The fourth-order valence-electron chi connectivity index (χ4n) is 2.73. The minimum Gasteiger partial charge on any atom is -0.478 e. The lowest BCUT2D eigenvalue weighted by Crippen LogP contribution is -2.31. The Hall–Kier alpha value is -2.13. The van der Waals surface area contributed by atoms with E-state index in [1.165, 1.54) is 11.1 Å². The topological polar surface area (TPSA) is 49.3 Å². The van der Waals surface area contributed by atoms with E-state index in [1.807, 2.05) is 24.3 Å². The molecule has 0 saturated carbocycles. The maximum absolute atomic E-state index is 11.3. The SMILES string of the molecule is O=C(O)c1ccccc1C1NCCc2ccccc21. The Morgan fingerprint density at radius 2 is 1.74 bits per heavy atom. The van der Waals surface area contributed by atoms with Gasteiger partial charge >= 0.3 is 5.97 Å². The van der Waals surface area contributed by atoms with Crippen molar-refractivity contribution in [3.05, 3.63) is 70.8 Å². The van der Waals surface area contributed by atoms with Crippen molar-refractivity contribution in [1.82, 2.24) is 5.32 Å². The summed E-state index contributed by atoms with van der Waals surface area (Å²) in [5.41, 5.74) is 3.69. The average molecular weight is 253 g/mol. The number of rotatable bonds is 2. The summed E-state index contributed by atoms with van der Waals surface area (Å²) in [6, 6.07) is 15.4. The Labute approximate surface area is 111 Å². The summed E-state index contributed by atoms with van der Waals surface area (Å²) in [5.74, 6) is -0.875. The lowest BCUT2D eigenvalue weighted by Gasteiger charge is -2.28. The molecule has 0 amide bonds. The smallest absolute Gasteiger partial charge is 0.336 e. The molecule has 2 aromatic rings. The van der Waals surface area contributed by atoms with Gasteiger partial charge < -0.3 is 10.4 Å². The summed E-state index contributed by atoms with van der Waals surface area (Å²) in [6.07, 6.45) is 0.988. The number of benzene rings is 2. The van der Waals surface area contributed by atoms with Gasteiger partial charge in [-0.2, -0.15) is 0 Å². The van der Waals surface area contributed by atoms with Gasteiger partial charge in [0.15, 0.2) is 0 Å². The van der Waals surface area contributed by atoms with Crippen molar-refractivity contribution >= 4 is 5.97 Å². The van der Waals surface area contributed by atoms with Crippen molar-refractivity contribution in [3.63, 3.8) is 0 Å². The number of aromatic carboxylic acids is 1. The van der Waals surface area contributed by atoms with Crippen LogP contribution in [0.4, 0.5) is 0 Å². The monoisotopic (exact) mass is 253 g/mol. The van der Waals surface area contributed by atoms with Crippen LogP contribution in [0, 0.1) is 0 Å². The summed E-state index contributed by atoms with van der Waals surface area (Å²) in [6.45, 7) is 0.871. The van der Waals surface area contributed by atoms with E-state index < -0.39 is 5.97 Å². The van der Waals surface area contributed by atoms with Gasteiger partial charge in [0, 0.05) is 6.54 Å². The first-order valence-corrected chi connectivity index (χ1v) is 6.41. The second-order valence-electron chi connectivity index (χ2n) is 4.73. The molecule has 19 heavy (non-hydrogen) atoms. The Bertz CT molecular complexity index is 622. The van der Waals surface area contributed by atoms with Crippen molar-refractivity contribution in [2.45, 2.75) is 12.5 Å². The highest BCUT2D eigenvalue weighted by Gasteiger charge is 2.24. The van der Waals surface area contributed by atoms with Crippen LogP contribution in [0.25, 0.3) is 0 Å². The summed E-state index contributed by atoms with van der Waals surface area (Å²) >= 11 is 0. The van der Waals surface area contributed by atoms with Gasteiger partial charge in [0.2, 0.25) is 0 Å². The quantitative estimate of drug-likeness (QED) is 0.865. The Balaban J connectivity index is 2.12. The molecule has 2 aromatic carbocycles. The molecule has 0 bridgehead atoms. The summed E-state index contributed by atoms with van der Waals surface area (Å²) in [4.78, 5) is 11.3. The van der Waals surface area contributed by atoms with Crippen LogP contribution in [0.1, 0.15) is 33.1 Å². The molecule has 0 spiro atoms. The normalized spacial score (nSPS) is 17.8. The number of carboxylic acids is 1. The second kappa shape index (κ2) is 4.86. The standard InChI is InChI=1S/C16H15NO2/c18-16(19)14-8-4-3-7-13(14)15-12-6-2-1-5-11(12)9-10-17-15/h1-8,15,17H,9-10H2,(H,18,19). The van der Waals surface area contributed by atoms with E-state index in [0.29, 0.717) is 5.56 Å². The molecule has 1 aliphatic heterocycles. The first-order chi connectivity index (χ1) is 9.27. The molecular formula is C16H15NO2. The van der Waals surface area contributed by atoms with Gasteiger partial charge in [-0.25, -0.2) is 4.79 Å². The van der Waals surface area contributed by atoms with Crippen molar-refractivity contribution in [3.8, 4) is 0 Å². The zero-order valence-corrected chi connectivity index (χ0v) is 10.5. The van der Waals surface area contributed by atoms with Crippen molar-refractivity contribution in [2.75, 3.05) is 6.54 Å². The van der Waals surface area contributed by atoms with Crippen LogP contribution < -0.4 is 5.32 Å². The summed E-state index contributed by atoms with van der Waals surface area (Å²) in [5, 5.41) is 12.7. The molecule has 1 unspecified atom stereocenters. The molecule has 96 valence electrons. The van der Waals surface area contributed by atoms with Crippen LogP contribution in [0.15, 0.2) is 48.5 Å². The lowest BCUT2D eigenvalue weighted by atomic mass is 9.88. The number of fused-ring (bicyclic) bond motifs is 1. The first-order valence-electron chi connectivity index (χ1n) is 6.41. The van der Waals surface area contributed by atoms with Crippen molar-refractivity contribution in [2.24, 2.45) is 0 Å². The molecule has 1 aliphatic rings. The van der Waals surface area contributed by atoms with Gasteiger partial charge in [-0.3, -0.25) is 0 Å². The minimum atomic E-state index is -0.875. The van der Waals surface area contributed by atoms with Gasteiger partial charge in [0.25, 0.3) is 0 Å². The number of carboxylic acid groups (broad SMARTS) is 1. The molecule has 2 N–H and O–H groups in total. The molecule has 3 heteroatoms. The molecule has 1 atom stereocenters. The molecule has 0 aromatic heterocycles. The van der Waals surface area contributed by atoms with E-state index in [2.05, 4.69) is 17.4 Å². The molecule has 3 nitrogen and oxygen atoms in total. The van der Waals surface area contributed by atoms with Gasteiger partial charge in [0.05, 0.1) is 11.6 Å². The van der Waals surface area contributed by atoms with E-state index in [4.69, 9.17) is 0 Å². The zero-order chi connectivity index (χ0) is 13.2. The summed E-state index contributed by atoms with van der Waals surface area (Å²) < 4.78 is 0. The third-order valence-corrected chi connectivity index (χ3v) is 3.61. The van der Waals surface area contributed by atoms with Crippen LogP contribution >= 0.6 is 0 Å². The van der Waals surface area contributed by atoms with E-state index >= 15 is 0 Å². The van der Waals surface area contributed by atoms with Crippen LogP contribution in [-0.2, 0) is 6.42 Å². The van der Waals surface area contributed by atoms with Crippen LogP contribution in [0.5, 0.6) is 0 Å². The fraction of sp³-hybridized carbons (Fsp3) is 0.188. The van der Waals surface area contributed by atoms with Crippen molar-refractivity contribution in [1.29, 1.82) is 0 Å². The predicted octanol–water partition coefficient (Wildman–Crippen LogP) is 2.62. The average Bonchev–Trinajstić information content (AvgIpc) is 2.46. The number of carbonyl (C=O) groups is 1. The van der Waals surface area contributed by atoms with Gasteiger partial charge in [-0.1, -0.05) is 42.5 Å². The van der Waals surface area contributed by atoms with Crippen LogP contribution in [-0.4, -0.2) is 17.6 Å². The van der Waals surface area contributed by atoms with Crippen LogP contribution in [0.2, 0.25) is 0 Å². The maximum atomic E-state index is 11.3. The molecule has 0 radical (unpaired) electrons. The molecule has 1 heterocycles. The van der Waals surface area contributed by atoms with E-state index in [-0.39, 0.29) is 6.04 Å². The Morgan fingerprint density at radius 1 is 1.05 bits per heavy atom. The highest BCUT2D eigenvalue weighted by atomic mass is 16.4. The third kappa shape index (κ3) is 2.13. The molecule has 3 rings (SSSR count). The Kier molecular flexibility index (Phi) is 3.05. The van der Waals surface area contributed by atoms with E-state index in [9.17, 15) is 9.90 Å². The molecular weight excluding hydrogens is 238 g/mol. The highest BCUT2D eigenvalue weighted by molar-refractivity contribution is 5.89. The van der Waals surface area contributed by atoms with Gasteiger partial charge in [-0.15, -0.1) is 0 Å². The lowest BCUT2D eigenvalue weighted by molar-refractivity contribution is 0.0695. The van der Waals surface area contributed by atoms with Crippen molar-refractivity contribution < 1.29 is 9.90 Å². The largest absolute Gasteiger partial charge is 0.478 e. The molecule has 0 saturated heterocycles. The first kappa shape index (κ1) is 11.9. The fourth-order valence-corrected chi connectivity index (χ4v) is 2.73. The third-order valence-electron chi connectivity index (χ3n) is 3.61. The molecule has 0 fully saturated rings. The molecule has 0 aliphatic carbocycles. The van der Waals surface area contributed by atoms with Gasteiger partial charge in [-0.05, 0) is 29.2 Å². The number of nitrogens with one attached hydrogen (secondary N) is 1. The number of hydrogen-bond acceptors (Lipinski definition) is 2. The highest BCUT2D eigenvalue weighted by Crippen LogP contribution is 2.30. The van der Waals surface area contributed by atoms with E-state index in [1.54, 1.807) is 12.1 Å². The minimum absolute atomic E-state index is 0.0303. The summed E-state index contributed by atoms with van der Waals surface area (Å²) in [7, 11) is 0. The van der Waals surface area contributed by atoms with Crippen LogP contribution in [0.3, 0.4) is 0 Å². The second-order valence-corrected chi connectivity index (χ2v) is 4.73. The predicted molar refractivity (Wildman–Crippen MR) is 73.4 cm³/mol. The van der Waals surface area contributed by atoms with Gasteiger partial charge in [0.1, 0.15) is 0 Å².